The molecule has 13 heteroatoms. The summed E-state index contributed by atoms with van der Waals surface area (Å²) in [6, 6.07) is -1.72. The molecule has 0 aromatic carbocycles. The third kappa shape index (κ3) is 3.62. The van der Waals surface area contributed by atoms with Crippen molar-refractivity contribution in [1.82, 2.24) is 24.8 Å². The van der Waals surface area contributed by atoms with Gasteiger partial charge < -0.3 is 15.0 Å². The van der Waals surface area contributed by atoms with Crippen LogP contribution in [0.1, 0.15) is 16.4 Å². The molecule has 2 aromatic rings. The van der Waals surface area contributed by atoms with Gasteiger partial charge in [-0.1, -0.05) is 11.3 Å². The summed E-state index contributed by atoms with van der Waals surface area (Å²) in [7, 11) is 1.39. The summed E-state index contributed by atoms with van der Waals surface area (Å²) in [6.07, 6.45) is -6.20. The Kier molecular flexibility index (Phi) is 4.84. The number of imidazole rings is 1. The monoisotopic (exact) mass is 397 g/mol. The fourth-order valence-corrected chi connectivity index (χ4v) is 3.47. The second-order valence-electron chi connectivity index (χ2n) is 5.42. The van der Waals surface area contributed by atoms with Crippen LogP contribution in [0.25, 0.3) is 4.96 Å². The average molecular weight is 397 g/mol. The fourth-order valence-electron chi connectivity index (χ4n) is 2.59. The number of carbonyl (C=O) groups is 1. The number of hydrogen-bond donors (Lipinski definition) is 1. The van der Waals surface area contributed by atoms with Gasteiger partial charge in [-0.2, -0.15) is 31.6 Å². The second kappa shape index (κ2) is 6.79. The number of carbonyl (C=O) groups excluding carboxylic acids is 1. The summed E-state index contributed by atoms with van der Waals surface area (Å²) in [5.74, 6) is 0. The topological polar surface area (TPSA) is 71.8 Å². The van der Waals surface area contributed by atoms with Crippen molar-refractivity contribution in [2.24, 2.45) is 0 Å². The normalized spacial score (nSPS) is 17.8. The zero-order valence-corrected chi connectivity index (χ0v) is 14.0. The maximum atomic E-state index is 13.5. The van der Waals surface area contributed by atoms with E-state index in [1.165, 1.54) is 7.11 Å². The maximum Gasteiger partial charge on any atom is 0.435 e. The first-order chi connectivity index (χ1) is 12.2. The molecule has 7 nitrogen and oxygen atoms in total. The molecule has 3 rings (SSSR count). The first-order valence-corrected chi connectivity index (χ1v) is 8.02. The van der Waals surface area contributed by atoms with Crippen LogP contribution in [0.5, 0.6) is 0 Å². The molecule has 1 aliphatic heterocycles. The number of aromatic nitrogens is 3. The predicted molar refractivity (Wildman–Crippen MR) is 79.6 cm³/mol. The van der Waals surface area contributed by atoms with Gasteiger partial charge in [-0.25, -0.2) is 9.78 Å². The third-order valence-electron chi connectivity index (χ3n) is 3.53. The van der Waals surface area contributed by atoms with Crippen LogP contribution in [-0.4, -0.2) is 45.2 Å². The summed E-state index contributed by atoms with van der Waals surface area (Å²) in [5, 5.41) is 6.40. The number of nitrogens with one attached hydrogen (secondary N) is 1. The van der Waals surface area contributed by atoms with Gasteiger partial charge in [-0.3, -0.25) is 0 Å². The Balaban J connectivity index is 1.91. The number of alkyl halides is 3. The smallest absolute Gasteiger partial charge is 0.377 e. The van der Waals surface area contributed by atoms with Gasteiger partial charge in [0.1, 0.15) is 5.01 Å². The molecule has 0 spiro atoms. The summed E-state index contributed by atoms with van der Waals surface area (Å²) in [6.45, 7) is -0.631. The lowest BCUT2D eigenvalue weighted by Crippen LogP contribution is -2.29. The Morgan fingerprint density at radius 1 is 1.46 bits per heavy atom. The first-order valence-electron chi connectivity index (χ1n) is 7.20. The zero-order chi connectivity index (χ0) is 19.1. The first kappa shape index (κ1) is 18.5. The quantitative estimate of drug-likeness (QED) is 0.788. The number of hydrogen-bond acceptors (Lipinski definition) is 5. The van der Waals surface area contributed by atoms with Crippen LogP contribution >= 0.6 is 11.3 Å². The van der Waals surface area contributed by atoms with Crippen LogP contribution in [0, 0.1) is 0 Å². The van der Waals surface area contributed by atoms with Crippen LogP contribution in [-0.2, 0) is 24.1 Å². The van der Waals surface area contributed by atoms with Crippen LogP contribution in [0.15, 0.2) is 12.2 Å². The van der Waals surface area contributed by atoms with E-state index in [2.05, 4.69) is 15.4 Å². The molecule has 0 saturated carbocycles. The molecule has 1 atom stereocenters. The van der Waals surface area contributed by atoms with Gasteiger partial charge in [0.25, 0.3) is 6.08 Å². The van der Waals surface area contributed by atoms with E-state index in [0.717, 1.165) is 16.2 Å². The van der Waals surface area contributed by atoms with E-state index >= 15 is 0 Å². The van der Waals surface area contributed by atoms with Crippen LogP contribution in [0.2, 0.25) is 0 Å². The molecule has 1 unspecified atom stereocenters. The number of amides is 2. The second-order valence-corrected chi connectivity index (χ2v) is 6.46. The predicted octanol–water partition coefficient (Wildman–Crippen LogP) is 2.63. The highest BCUT2D eigenvalue weighted by atomic mass is 32.1. The van der Waals surface area contributed by atoms with E-state index < -0.39 is 42.3 Å². The van der Waals surface area contributed by atoms with Gasteiger partial charge in [0.05, 0.1) is 24.9 Å². The third-order valence-corrected chi connectivity index (χ3v) is 4.42. The zero-order valence-electron chi connectivity index (χ0n) is 13.2. The highest BCUT2D eigenvalue weighted by Crippen LogP contribution is 2.34. The molecule has 0 radical (unpaired) electrons. The Hall–Kier alpha value is -2.28. The van der Waals surface area contributed by atoms with Gasteiger partial charge in [0, 0.05) is 19.7 Å². The van der Waals surface area contributed by atoms with Crippen molar-refractivity contribution in [3.05, 3.63) is 28.6 Å². The van der Waals surface area contributed by atoms with E-state index in [0.29, 0.717) is 15.6 Å². The highest BCUT2D eigenvalue weighted by molar-refractivity contribution is 7.16. The molecule has 1 aliphatic rings. The number of urea groups is 1. The SMILES string of the molecule is COCc1nn2c(C(F)(F)F)c(CN3CC(C=C(F)F)NC3=O)nc2s1. The van der Waals surface area contributed by atoms with Gasteiger partial charge in [0.15, 0.2) is 5.69 Å². The Morgan fingerprint density at radius 3 is 2.81 bits per heavy atom. The summed E-state index contributed by atoms with van der Waals surface area (Å²) in [4.78, 5) is 16.7. The Labute approximate surface area is 147 Å². The van der Waals surface area contributed by atoms with Crippen molar-refractivity contribution in [2.75, 3.05) is 13.7 Å². The van der Waals surface area contributed by atoms with E-state index in [1.54, 1.807) is 0 Å². The van der Waals surface area contributed by atoms with Crippen LogP contribution in [0.4, 0.5) is 26.7 Å². The molecule has 0 bridgehead atoms. The molecule has 26 heavy (non-hydrogen) atoms. The lowest BCUT2D eigenvalue weighted by Gasteiger charge is -2.14. The van der Waals surface area contributed by atoms with Gasteiger partial charge in [0.2, 0.25) is 4.96 Å². The van der Waals surface area contributed by atoms with E-state index in [9.17, 15) is 26.7 Å². The fraction of sp³-hybridized carbons (Fsp3) is 0.462. The molecule has 2 aromatic heterocycles. The minimum Gasteiger partial charge on any atom is -0.377 e. The molecule has 1 N–H and O–H groups in total. The number of nitrogens with zero attached hydrogens (tertiary/aromatic N) is 4. The van der Waals surface area contributed by atoms with Crippen molar-refractivity contribution in [3.8, 4) is 0 Å². The van der Waals surface area contributed by atoms with Crippen molar-refractivity contribution in [3.63, 3.8) is 0 Å². The molecule has 0 aliphatic carbocycles. The Bertz CT molecular complexity index is 857. The number of ether oxygens (including phenoxy) is 1. The van der Waals surface area contributed by atoms with E-state index in [-0.39, 0.29) is 18.1 Å². The van der Waals surface area contributed by atoms with Crippen molar-refractivity contribution >= 4 is 22.3 Å². The summed E-state index contributed by atoms with van der Waals surface area (Å²) >= 11 is 0.929. The molecule has 142 valence electrons. The van der Waals surface area contributed by atoms with Crippen molar-refractivity contribution in [2.45, 2.75) is 25.4 Å². The minimum absolute atomic E-state index is 0.00484. The number of fused-ring (bicyclic) bond motifs is 1. The number of methoxy groups -OCH3 is 1. The van der Waals surface area contributed by atoms with Gasteiger partial charge >= 0.3 is 12.2 Å². The summed E-state index contributed by atoms with van der Waals surface area (Å²) in [5.41, 5.74) is -1.50. The molecular weight excluding hydrogens is 385 g/mol. The molecule has 1 saturated heterocycles. The number of rotatable bonds is 5. The van der Waals surface area contributed by atoms with Crippen LogP contribution in [0.3, 0.4) is 0 Å². The summed E-state index contributed by atoms with van der Waals surface area (Å²) < 4.78 is 70.5. The van der Waals surface area contributed by atoms with Gasteiger partial charge in [-0.05, 0) is 0 Å². The molecule has 1 fully saturated rings. The lowest BCUT2D eigenvalue weighted by molar-refractivity contribution is -0.143. The Morgan fingerprint density at radius 2 is 2.19 bits per heavy atom. The minimum atomic E-state index is -4.76. The average Bonchev–Trinajstić information content (AvgIpc) is 3.11. The van der Waals surface area contributed by atoms with E-state index in [1.807, 2.05) is 0 Å². The van der Waals surface area contributed by atoms with Crippen molar-refractivity contribution < 1.29 is 31.5 Å². The van der Waals surface area contributed by atoms with Crippen molar-refractivity contribution in [1.29, 1.82) is 0 Å². The molecular formula is C13H12F5N5O2S. The van der Waals surface area contributed by atoms with Crippen LogP contribution < -0.4 is 5.32 Å². The molecule has 2 amide bonds. The van der Waals surface area contributed by atoms with Gasteiger partial charge in [-0.15, -0.1) is 0 Å². The highest BCUT2D eigenvalue weighted by Gasteiger charge is 2.41. The molecule has 3 heterocycles. The van der Waals surface area contributed by atoms with E-state index in [4.69, 9.17) is 4.74 Å². The largest absolute Gasteiger partial charge is 0.435 e. The number of halogens is 5. The maximum absolute atomic E-state index is 13.5. The standard InChI is InChI=1S/C13H12F5N5O2S/c1-25-5-9-21-23-10(13(16,17)18)7(20-12(23)26-9)4-22-3-6(2-8(14)15)19-11(22)24/h2,6H,3-5H2,1H3,(H,19,24). The lowest BCUT2D eigenvalue weighted by atomic mass is 10.2.